The molecular weight excluding hydrogens is 369 g/mol. The summed E-state index contributed by atoms with van der Waals surface area (Å²) in [6, 6.07) is 4.11. The van der Waals surface area contributed by atoms with E-state index in [2.05, 4.69) is 31.8 Å². The Morgan fingerprint density at radius 3 is 2.68 bits per heavy atom. The number of rotatable bonds is 8. The Labute approximate surface area is 164 Å². The lowest BCUT2D eigenvalue weighted by atomic mass is 10.0. The van der Waals surface area contributed by atoms with Gasteiger partial charge in [-0.05, 0) is 38.8 Å². The van der Waals surface area contributed by atoms with E-state index in [0.717, 1.165) is 38.0 Å². The molecule has 0 aromatic heterocycles. The van der Waals surface area contributed by atoms with Crippen molar-refractivity contribution in [3.63, 3.8) is 0 Å². The molecule has 1 heterocycles. The van der Waals surface area contributed by atoms with Gasteiger partial charge < -0.3 is 15.4 Å². The van der Waals surface area contributed by atoms with Gasteiger partial charge in [0.15, 0.2) is 5.96 Å². The van der Waals surface area contributed by atoms with Gasteiger partial charge in [0.25, 0.3) is 0 Å². The lowest BCUT2D eigenvalue weighted by Crippen LogP contribution is -2.48. The molecule has 1 aliphatic rings. The second-order valence-corrected chi connectivity index (χ2v) is 6.94. The van der Waals surface area contributed by atoms with E-state index in [0.29, 0.717) is 12.5 Å². The van der Waals surface area contributed by atoms with Gasteiger partial charge in [-0.3, -0.25) is 4.90 Å². The summed E-state index contributed by atoms with van der Waals surface area (Å²) in [6.07, 6.45) is 1.91. The second kappa shape index (κ2) is 10.9. The molecule has 0 saturated carbocycles. The average molecular weight is 398 g/mol. The van der Waals surface area contributed by atoms with Gasteiger partial charge in [0.2, 0.25) is 0 Å². The minimum Gasteiger partial charge on any atom is -0.434 e. The van der Waals surface area contributed by atoms with Crippen LogP contribution in [0.15, 0.2) is 35.3 Å². The third kappa shape index (κ3) is 7.07. The van der Waals surface area contributed by atoms with E-state index in [9.17, 15) is 13.2 Å². The van der Waals surface area contributed by atoms with Gasteiger partial charge in [-0.2, -0.15) is 8.78 Å². The summed E-state index contributed by atoms with van der Waals surface area (Å²) < 4.78 is 43.6. The van der Waals surface area contributed by atoms with E-state index < -0.39 is 12.4 Å². The quantitative estimate of drug-likeness (QED) is 0.400. The van der Waals surface area contributed by atoms with Crippen molar-refractivity contribution in [1.82, 2.24) is 15.5 Å². The molecule has 0 unspecified atom stereocenters. The summed E-state index contributed by atoms with van der Waals surface area (Å²) in [4.78, 5) is 6.73. The van der Waals surface area contributed by atoms with Crippen LogP contribution in [-0.2, 0) is 6.54 Å². The van der Waals surface area contributed by atoms with E-state index in [1.165, 1.54) is 18.2 Å². The number of ether oxygens (including phenoxy) is 1. The zero-order valence-electron chi connectivity index (χ0n) is 16.5. The number of hydrogen-bond acceptors (Lipinski definition) is 3. The van der Waals surface area contributed by atoms with Crippen LogP contribution in [0.5, 0.6) is 5.75 Å². The van der Waals surface area contributed by atoms with Crippen molar-refractivity contribution in [2.75, 3.05) is 26.2 Å². The van der Waals surface area contributed by atoms with Crippen molar-refractivity contribution < 1.29 is 17.9 Å². The maximum absolute atomic E-state index is 14.1. The van der Waals surface area contributed by atoms with Gasteiger partial charge in [-0.15, -0.1) is 0 Å². The molecule has 1 aromatic carbocycles. The fourth-order valence-corrected chi connectivity index (χ4v) is 3.19. The van der Waals surface area contributed by atoms with E-state index in [4.69, 9.17) is 0 Å². The Hall–Kier alpha value is -2.22. The fraction of sp³-hybridized carbons (Fsp3) is 0.550. The van der Waals surface area contributed by atoms with Crippen LogP contribution < -0.4 is 15.4 Å². The Balaban J connectivity index is 2.01. The summed E-state index contributed by atoms with van der Waals surface area (Å²) in [5.74, 6) is -0.277. The van der Waals surface area contributed by atoms with Crippen LogP contribution >= 0.6 is 0 Å². The lowest BCUT2D eigenvalue weighted by Gasteiger charge is -2.33. The molecule has 8 heteroatoms. The first kappa shape index (κ1) is 22.1. The van der Waals surface area contributed by atoms with Gasteiger partial charge in [0.1, 0.15) is 11.6 Å². The highest BCUT2D eigenvalue weighted by Crippen LogP contribution is 2.24. The van der Waals surface area contributed by atoms with Crippen molar-refractivity contribution in [2.45, 2.75) is 45.9 Å². The Bertz CT molecular complexity index is 673. The number of halogens is 3. The summed E-state index contributed by atoms with van der Waals surface area (Å²) >= 11 is 0. The average Bonchev–Trinajstić information content (AvgIpc) is 2.62. The highest BCUT2D eigenvalue weighted by molar-refractivity contribution is 5.80. The monoisotopic (exact) mass is 398 g/mol. The highest BCUT2D eigenvalue weighted by atomic mass is 19.3. The third-order valence-corrected chi connectivity index (χ3v) is 4.45. The number of aliphatic imine (C=N–C) groups is 1. The zero-order valence-corrected chi connectivity index (χ0v) is 16.5. The van der Waals surface area contributed by atoms with Crippen LogP contribution in [0.25, 0.3) is 0 Å². The van der Waals surface area contributed by atoms with Crippen LogP contribution in [0, 0.1) is 5.82 Å². The largest absolute Gasteiger partial charge is 0.434 e. The second-order valence-electron chi connectivity index (χ2n) is 6.94. The van der Waals surface area contributed by atoms with Crippen LogP contribution in [0.3, 0.4) is 0 Å². The highest BCUT2D eigenvalue weighted by Gasteiger charge is 2.20. The van der Waals surface area contributed by atoms with Gasteiger partial charge in [0, 0.05) is 32.2 Å². The Kier molecular flexibility index (Phi) is 8.63. The molecule has 1 fully saturated rings. The molecular formula is C20H29F3N4O. The maximum atomic E-state index is 14.1. The smallest absolute Gasteiger partial charge is 0.387 e. The van der Waals surface area contributed by atoms with Crippen LogP contribution in [0.4, 0.5) is 13.2 Å². The molecule has 1 saturated heterocycles. The number of guanidine groups is 1. The SMILES string of the molecule is C=C(C)CN1CCC(NC(=NCc2c(F)cccc2OC(F)F)NCC)CC1. The number of alkyl halides is 2. The molecule has 1 aliphatic heterocycles. The van der Waals surface area contributed by atoms with Crippen molar-refractivity contribution in [3.05, 3.63) is 41.7 Å². The first-order chi connectivity index (χ1) is 13.4. The first-order valence-electron chi connectivity index (χ1n) is 9.52. The molecule has 1 aromatic rings. The molecule has 0 bridgehead atoms. The number of nitrogens with zero attached hydrogens (tertiary/aromatic N) is 2. The molecule has 2 N–H and O–H groups in total. The van der Waals surface area contributed by atoms with Gasteiger partial charge in [-0.1, -0.05) is 18.2 Å². The molecule has 0 spiro atoms. The van der Waals surface area contributed by atoms with Crippen molar-refractivity contribution in [3.8, 4) is 5.75 Å². The lowest BCUT2D eigenvalue weighted by molar-refractivity contribution is -0.0506. The fourth-order valence-electron chi connectivity index (χ4n) is 3.19. The molecule has 0 amide bonds. The molecule has 5 nitrogen and oxygen atoms in total. The van der Waals surface area contributed by atoms with Crippen molar-refractivity contribution in [1.29, 1.82) is 0 Å². The number of hydrogen-bond donors (Lipinski definition) is 2. The first-order valence-corrected chi connectivity index (χ1v) is 9.52. The minimum atomic E-state index is -3.01. The molecule has 2 rings (SSSR count). The van der Waals surface area contributed by atoms with Crippen LogP contribution in [0.1, 0.15) is 32.3 Å². The van der Waals surface area contributed by atoms with E-state index in [1.807, 2.05) is 13.8 Å². The number of piperidine rings is 1. The van der Waals surface area contributed by atoms with E-state index in [-0.39, 0.29) is 23.9 Å². The molecule has 0 atom stereocenters. The third-order valence-electron chi connectivity index (χ3n) is 4.45. The topological polar surface area (TPSA) is 48.9 Å². The molecule has 156 valence electrons. The number of benzene rings is 1. The molecule has 0 aliphatic carbocycles. The summed E-state index contributed by atoms with van der Waals surface area (Å²) in [7, 11) is 0. The Morgan fingerprint density at radius 2 is 2.07 bits per heavy atom. The maximum Gasteiger partial charge on any atom is 0.387 e. The van der Waals surface area contributed by atoms with Gasteiger partial charge >= 0.3 is 6.61 Å². The van der Waals surface area contributed by atoms with Gasteiger partial charge in [0.05, 0.1) is 12.1 Å². The Morgan fingerprint density at radius 1 is 1.36 bits per heavy atom. The van der Waals surface area contributed by atoms with Crippen LogP contribution in [0.2, 0.25) is 0 Å². The molecule has 0 radical (unpaired) electrons. The number of likely N-dealkylation sites (tertiary alicyclic amines) is 1. The van der Waals surface area contributed by atoms with Crippen LogP contribution in [-0.4, -0.2) is 49.7 Å². The summed E-state index contributed by atoms with van der Waals surface area (Å²) in [6.45, 7) is 8.26. The predicted molar refractivity (Wildman–Crippen MR) is 105 cm³/mol. The van der Waals surface area contributed by atoms with E-state index >= 15 is 0 Å². The van der Waals surface area contributed by atoms with Crippen molar-refractivity contribution in [2.24, 2.45) is 4.99 Å². The zero-order chi connectivity index (χ0) is 20.5. The number of nitrogens with one attached hydrogen (secondary N) is 2. The summed E-state index contributed by atoms with van der Waals surface area (Å²) in [5, 5.41) is 6.48. The predicted octanol–water partition coefficient (Wildman–Crippen LogP) is 3.52. The molecule has 28 heavy (non-hydrogen) atoms. The summed E-state index contributed by atoms with van der Waals surface area (Å²) in [5.41, 5.74) is 1.16. The normalized spacial score (nSPS) is 16.3. The van der Waals surface area contributed by atoms with E-state index in [1.54, 1.807) is 0 Å². The standard InChI is InChI=1S/C20H29F3N4O/c1-4-24-20(26-15-8-10-27(11-9-15)13-14(2)3)25-12-16-17(21)6-5-7-18(16)28-19(22)23/h5-7,15,19H,2,4,8-13H2,1,3H3,(H2,24,25,26). The van der Waals surface area contributed by atoms with Gasteiger partial charge in [-0.25, -0.2) is 9.38 Å². The minimum absolute atomic E-state index is 0.0104. The van der Waals surface area contributed by atoms with Crippen molar-refractivity contribution >= 4 is 5.96 Å².